The standard InChI is InChI=1S/2C7H7Cl2NO3/c2*1-3(11)10(2)6-4(8)5(9)7(12)13-6/h2*6H,1-2H3. The summed E-state index contributed by atoms with van der Waals surface area (Å²) >= 11 is 22.3. The van der Waals surface area contributed by atoms with Crippen molar-refractivity contribution in [2.75, 3.05) is 14.1 Å². The second-order valence-electron chi connectivity index (χ2n) is 5.10. The smallest absolute Gasteiger partial charge is 0.353 e. The van der Waals surface area contributed by atoms with Crippen molar-refractivity contribution in [1.29, 1.82) is 0 Å². The van der Waals surface area contributed by atoms with E-state index >= 15 is 0 Å². The van der Waals surface area contributed by atoms with E-state index in [0.717, 1.165) is 0 Å². The van der Waals surface area contributed by atoms with Crippen LogP contribution in [-0.4, -0.2) is 60.1 Å². The van der Waals surface area contributed by atoms with Gasteiger partial charge in [0.1, 0.15) is 20.1 Å². The Hall–Kier alpha value is -1.48. The Labute approximate surface area is 169 Å². The highest BCUT2D eigenvalue weighted by Crippen LogP contribution is 2.30. The minimum atomic E-state index is -0.876. The van der Waals surface area contributed by atoms with E-state index < -0.39 is 24.4 Å². The lowest BCUT2D eigenvalue weighted by atomic mass is 10.4. The van der Waals surface area contributed by atoms with Crippen LogP contribution in [0.5, 0.6) is 0 Å². The van der Waals surface area contributed by atoms with Crippen LogP contribution in [0, 0.1) is 0 Å². The summed E-state index contributed by atoms with van der Waals surface area (Å²) in [6, 6.07) is 0. The van der Waals surface area contributed by atoms with Crippen molar-refractivity contribution in [2.45, 2.75) is 26.3 Å². The first-order chi connectivity index (χ1) is 11.9. The molecule has 2 aliphatic heterocycles. The van der Waals surface area contributed by atoms with E-state index in [1.54, 1.807) is 0 Å². The third-order valence-electron chi connectivity index (χ3n) is 3.35. The van der Waals surface area contributed by atoms with Gasteiger partial charge in [-0.15, -0.1) is 0 Å². The minimum absolute atomic E-state index is 0.0457. The summed E-state index contributed by atoms with van der Waals surface area (Å²) in [6.45, 7) is 2.68. The largest absolute Gasteiger partial charge is 0.432 e. The molecule has 0 saturated carbocycles. The molecule has 0 bridgehead atoms. The molecular formula is C14H14Cl4N2O6. The third-order valence-corrected chi connectivity index (χ3v) is 5.01. The van der Waals surface area contributed by atoms with Gasteiger partial charge in [0.2, 0.25) is 24.3 Å². The SMILES string of the molecule is CC(=O)N(C)C1OC(=O)C(Cl)=C1Cl.CC(=O)N(C)C1OC(=O)C(Cl)=C1Cl. The normalized spacial score (nSPS) is 21.8. The van der Waals surface area contributed by atoms with Crippen LogP contribution in [0.25, 0.3) is 0 Å². The molecule has 2 rings (SSSR count). The van der Waals surface area contributed by atoms with Crippen LogP contribution >= 0.6 is 46.4 Å². The summed E-state index contributed by atoms with van der Waals surface area (Å²) in [6.07, 6.45) is -1.75. The first-order valence-electron chi connectivity index (χ1n) is 6.89. The highest BCUT2D eigenvalue weighted by Gasteiger charge is 2.36. The fourth-order valence-electron chi connectivity index (χ4n) is 1.65. The first-order valence-corrected chi connectivity index (χ1v) is 8.40. The van der Waals surface area contributed by atoms with Crippen molar-refractivity contribution in [1.82, 2.24) is 9.80 Å². The zero-order chi connectivity index (χ0) is 20.3. The van der Waals surface area contributed by atoms with Gasteiger partial charge in [-0.2, -0.15) is 0 Å². The molecule has 8 nitrogen and oxygen atoms in total. The van der Waals surface area contributed by atoms with Crippen molar-refractivity contribution in [3.8, 4) is 0 Å². The maximum Gasteiger partial charge on any atom is 0.353 e. The van der Waals surface area contributed by atoms with Crippen molar-refractivity contribution < 1.29 is 28.7 Å². The van der Waals surface area contributed by atoms with Gasteiger partial charge in [-0.25, -0.2) is 9.59 Å². The predicted octanol–water partition coefficient (Wildman–Crippen LogP) is 2.07. The molecule has 2 aliphatic rings. The van der Waals surface area contributed by atoms with Gasteiger partial charge >= 0.3 is 11.9 Å². The van der Waals surface area contributed by atoms with E-state index in [1.807, 2.05) is 0 Å². The topological polar surface area (TPSA) is 93.2 Å². The van der Waals surface area contributed by atoms with Crippen LogP contribution in [-0.2, 0) is 28.7 Å². The minimum Gasteiger partial charge on any atom is -0.432 e. The number of amides is 2. The molecular weight excluding hydrogens is 434 g/mol. The molecule has 0 N–H and O–H groups in total. The predicted molar refractivity (Wildman–Crippen MR) is 94.1 cm³/mol. The molecule has 2 amide bonds. The molecule has 0 spiro atoms. The van der Waals surface area contributed by atoms with Gasteiger partial charge in [-0.3, -0.25) is 9.59 Å². The Morgan fingerprint density at radius 1 is 0.769 bits per heavy atom. The molecule has 0 aromatic heterocycles. The number of halogens is 4. The van der Waals surface area contributed by atoms with E-state index in [2.05, 4.69) is 0 Å². The van der Waals surface area contributed by atoms with Crippen LogP contribution in [0.3, 0.4) is 0 Å². The second kappa shape index (κ2) is 8.94. The molecule has 26 heavy (non-hydrogen) atoms. The number of carbonyl (C=O) groups excluding carboxylic acids is 4. The highest BCUT2D eigenvalue weighted by atomic mass is 35.5. The molecule has 0 saturated heterocycles. The molecule has 12 heteroatoms. The van der Waals surface area contributed by atoms with E-state index in [9.17, 15) is 19.2 Å². The van der Waals surface area contributed by atoms with E-state index in [1.165, 1.54) is 37.7 Å². The van der Waals surface area contributed by atoms with Gasteiger partial charge in [0.25, 0.3) is 0 Å². The van der Waals surface area contributed by atoms with Crippen molar-refractivity contribution in [2.24, 2.45) is 0 Å². The summed E-state index contributed by atoms with van der Waals surface area (Å²) in [5.41, 5.74) is 0. The average Bonchev–Trinajstić information content (AvgIpc) is 2.98. The fourth-order valence-corrected chi connectivity index (χ4v) is 2.46. The Kier molecular flexibility index (Phi) is 7.76. The number of cyclic esters (lactones) is 2. The van der Waals surface area contributed by atoms with Gasteiger partial charge in [0.05, 0.1) is 0 Å². The zero-order valence-electron chi connectivity index (χ0n) is 14.0. The lowest BCUT2D eigenvalue weighted by Gasteiger charge is -2.21. The van der Waals surface area contributed by atoms with E-state index in [4.69, 9.17) is 55.9 Å². The Bertz CT molecular complexity index is 660. The summed E-state index contributed by atoms with van der Waals surface area (Å²) < 4.78 is 9.47. The third kappa shape index (κ3) is 4.82. The number of esters is 2. The zero-order valence-corrected chi connectivity index (χ0v) is 17.0. The van der Waals surface area contributed by atoms with Crippen LogP contribution in [0.4, 0.5) is 0 Å². The highest BCUT2D eigenvalue weighted by molar-refractivity contribution is 6.49. The summed E-state index contributed by atoms with van der Waals surface area (Å²) in [5, 5.41) is -0.242. The number of hydrogen-bond donors (Lipinski definition) is 0. The van der Waals surface area contributed by atoms with Crippen LogP contribution in [0.2, 0.25) is 0 Å². The average molecular weight is 448 g/mol. The lowest BCUT2D eigenvalue weighted by molar-refractivity contribution is -0.152. The molecule has 2 unspecified atom stereocenters. The number of likely N-dealkylation sites (N-methyl/N-ethyl adjacent to an activating group) is 2. The Balaban J connectivity index is 0.000000260. The molecule has 0 aliphatic carbocycles. The number of rotatable bonds is 2. The quantitative estimate of drug-likeness (QED) is 0.601. The van der Waals surface area contributed by atoms with Gasteiger partial charge in [-0.05, 0) is 0 Å². The lowest BCUT2D eigenvalue weighted by Crippen LogP contribution is -2.36. The number of ether oxygens (including phenoxy) is 2. The molecule has 2 atom stereocenters. The fraction of sp³-hybridized carbons (Fsp3) is 0.429. The van der Waals surface area contributed by atoms with Crippen molar-refractivity contribution >= 4 is 70.2 Å². The van der Waals surface area contributed by atoms with Crippen molar-refractivity contribution in [3.05, 3.63) is 20.1 Å². The summed E-state index contributed by atoms with van der Waals surface area (Å²) in [7, 11) is 2.94. The van der Waals surface area contributed by atoms with Gasteiger partial charge < -0.3 is 19.3 Å². The number of hydrogen-bond acceptors (Lipinski definition) is 6. The molecule has 0 fully saturated rings. The first kappa shape index (κ1) is 22.6. The second-order valence-corrected chi connectivity index (χ2v) is 6.67. The van der Waals surface area contributed by atoms with E-state index in [0.29, 0.717) is 0 Å². The van der Waals surface area contributed by atoms with Gasteiger partial charge in [-0.1, -0.05) is 46.4 Å². The van der Waals surface area contributed by atoms with Crippen LogP contribution < -0.4 is 0 Å². The van der Waals surface area contributed by atoms with Crippen LogP contribution in [0.15, 0.2) is 20.1 Å². The molecule has 144 valence electrons. The van der Waals surface area contributed by atoms with Crippen molar-refractivity contribution in [3.63, 3.8) is 0 Å². The Morgan fingerprint density at radius 2 is 1.04 bits per heavy atom. The van der Waals surface area contributed by atoms with Crippen LogP contribution in [0.1, 0.15) is 13.8 Å². The van der Waals surface area contributed by atoms with Gasteiger partial charge in [0.15, 0.2) is 0 Å². The molecule has 0 radical (unpaired) electrons. The summed E-state index contributed by atoms with van der Waals surface area (Å²) in [4.78, 5) is 46.0. The molecule has 0 aromatic carbocycles. The maximum atomic E-state index is 10.9. The molecule has 2 heterocycles. The monoisotopic (exact) mass is 446 g/mol. The molecule has 0 aromatic rings. The van der Waals surface area contributed by atoms with Gasteiger partial charge in [0, 0.05) is 27.9 Å². The maximum absolute atomic E-state index is 10.9. The number of carbonyl (C=O) groups is 4. The van der Waals surface area contributed by atoms with E-state index in [-0.39, 0.29) is 31.9 Å². The summed E-state index contributed by atoms with van der Waals surface area (Å²) in [5.74, 6) is -1.93. The number of nitrogens with zero attached hydrogens (tertiary/aromatic N) is 2. The Morgan fingerprint density at radius 3 is 1.19 bits per heavy atom.